The summed E-state index contributed by atoms with van der Waals surface area (Å²) in [6.07, 6.45) is -1.15. The van der Waals surface area contributed by atoms with E-state index in [2.05, 4.69) is 10.6 Å². The van der Waals surface area contributed by atoms with Gasteiger partial charge in [0.25, 0.3) is 11.6 Å². The molecular weight excluding hydrogens is 342 g/mol. The Morgan fingerprint density at radius 1 is 1.29 bits per heavy atom. The van der Waals surface area contributed by atoms with Crippen molar-refractivity contribution in [3.05, 3.63) is 33.3 Å². The van der Waals surface area contributed by atoms with Gasteiger partial charge < -0.3 is 15.4 Å². The summed E-state index contributed by atoms with van der Waals surface area (Å²) >= 11 is 5.86. The van der Waals surface area contributed by atoms with Crippen LogP contribution < -0.4 is 10.6 Å². The Balaban J connectivity index is 2.69. The lowest BCUT2D eigenvalue weighted by Gasteiger charge is -2.17. The smallest absolute Gasteiger partial charge is 0.329 e. The molecule has 2 atom stereocenters. The van der Waals surface area contributed by atoms with Crippen LogP contribution in [-0.2, 0) is 19.1 Å². The van der Waals surface area contributed by atoms with Crippen molar-refractivity contribution in [1.29, 1.82) is 0 Å². The average molecular weight is 358 g/mol. The molecule has 0 aliphatic heterocycles. The second-order valence-electron chi connectivity index (χ2n) is 4.91. The van der Waals surface area contributed by atoms with Crippen molar-refractivity contribution in [2.24, 2.45) is 0 Å². The van der Waals surface area contributed by atoms with E-state index in [0.717, 1.165) is 6.07 Å². The monoisotopic (exact) mass is 357 g/mol. The molecule has 0 aliphatic carbocycles. The van der Waals surface area contributed by atoms with Gasteiger partial charge in [0.2, 0.25) is 5.91 Å². The fourth-order valence-electron chi connectivity index (χ4n) is 1.65. The molecule has 0 saturated carbocycles. The lowest BCUT2D eigenvalue weighted by Crippen LogP contribution is -2.41. The van der Waals surface area contributed by atoms with Crippen LogP contribution in [0, 0.1) is 10.1 Å². The lowest BCUT2D eigenvalue weighted by molar-refractivity contribution is -0.384. The fraction of sp³-hybridized carbons (Fsp3) is 0.357. The summed E-state index contributed by atoms with van der Waals surface area (Å²) in [7, 11) is 0. The maximum Gasteiger partial charge on any atom is 0.329 e. The molecule has 2 amide bonds. The van der Waals surface area contributed by atoms with Gasteiger partial charge >= 0.3 is 5.97 Å². The van der Waals surface area contributed by atoms with E-state index in [4.69, 9.17) is 16.3 Å². The first kappa shape index (κ1) is 19.4. The molecule has 24 heavy (non-hydrogen) atoms. The van der Waals surface area contributed by atoms with Gasteiger partial charge in [-0.2, -0.15) is 0 Å². The predicted molar refractivity (Wildman–Crippen MR) is 85.6 cm³/mol. The number of ether oxygens (including phenoxy) is 1. The number of nitro benzene ring substituents is 1. The highest BCUT2D eigenvalue weighted by atomic mass is 35.5. The third kappa shape index (κ3) is 5.51. The summed E-state index contributed by atoms with van der Waals surface area (Å²) < 4.78 is 4.93. The number of esters is 1. The van der Waals surface area contributed by atoms with Crippen molar-refractivity contribution in [2.75, 3.05) is 5.32 Å². The maximum atomic E-state index is 12.0. The van der Waals surface area contributed by atoms with E-state index in [9.17, 15) is 24.5 Å². The van der Waals surface area contributed by atoms with Crippen LogP contribution >= 0.6 is 11.6 Å². The topological polar surface area (TPSA) is 128 Å². The third-order valence-corrected chi connectivity index (χ3v) is 3.17. The largest absolute Gasteiger partial charge is 0.451 e. The number of non-ortho nitro benzene ring substituents is 1. The van der Waals surface area contributed by atoms with Gasteiger partial charge in [-0.25, -0.2) is 4.79 Å². The van der Waals surface area contributed by atoms with E-state index in [-0.39, 0.29) is 16.4 Å². The Morgan fingerprint density at radius 3 is 2.42 bits per heavy atom. The molecule has 130 valence electrons. The molecule has 0 aliphatic rings. The highest BCUT2D eigenvalue weighted by Crippen LogP contribution is 2.26. The van der Waals surface area contributed by atoms with E-state index in [0.29, 0.717) is 0 Å². The number of amides is 2. The number of benzene rings is 1. The minimum absolute atomic E-state index is 0.0253. The number of carbonyl (C=O) groups excluding carboxylic acids is 3. The molecular formula is C14H16ClN3O6. The van der Waals surface area contributed by atoms with Gasteiger partial charge in [0, 0.05) is 19.1 Å². The Bertz CT molecular complexity index is 678. The van der Waals surface area contributed by atoms with E-state index in [1.54, 1.807) is 0 Å². The fourth-order valence-corrected chi connectivity index (χ4v) is 1.87. The molecule has 9 nitrogen and oxygen atoms in total. The van der Waals surface area contributed by atoms with Crippen LogP contribution in [0.15, 0.2) is 18.2 Å². The first-order chi connectivity index (χ1) is 11.1. The summed E-state index contributed by atoms with van der Waals surface area (Å²) in [4.78, 5) is 44.6. The predicted octanol–water partition coefficient (Wildman–Crippen LogP) is 1.64. The van der Waals surface area contributed by atoms with Crippen LogP contribution in [0.5, 0.6) is 0 Å². The number of nitrogens with one attached hydrogen (secondary N) is 2. The maximum absolute atomic E-state index is 12.0. The Morgan fingerprint density at radius 2 is 1.92 bits per heavy atom. The Kier molecular flexibility index (Phi) is 6.66. The normalized spacial score (nSPS) is 12.7. The first-order valence-corrected chi connectivity index (χ1v) is 7.22. The standard InChI is InChI=1S/C14H16ClN3O6/c1-7(16-9(3)19)14(21)24-8(2)13(20)17-12-5-4-10(18(22)23)6-11(12)15/h4-8H,1-3H3,(H,16,19)(H,17,20)/t7-,8-/m0/s1. The van der Waals surface area contributed by atoms with Crippen molar-refractivity contribution in [2.45, 2.75) is 32.9 Å². The zero-order valence-corrected chi connectivity index (χ0v) is 13.9. The molecule has 0 fully saturated rings. The number of carbonyl (C=O) groups is 3. The second-order valence-corrected chi connectivity index (χ2v) is 5.32. The number of rotatable bonds is 6. The minimum atomic E-state index is -1.15. The zero-order chi connectivity index (χ0) is 18.4. The summed E-state index contributed by atoms with van der Waals surface area (Å²) in [5, 5.41) is 15.3. The molecule has 1 aromatic carbocycles. The lowest BCUT2D eigenvalue weighted by atomic mass is 10.2. The van der Waals surface area contributed by atoms with Crippen molar-refractivity contribution in [1.82, 2.24) is 5.32 Å². The van der Waals surface area contributed by atoms with Crippen molar-refractivity contribution < 1.29 is 24.0 Å². The summed E-state index contributed by atoms with van der Waals surface area (Å²) in [5.41, 5.74) is -0.0771. The quantitative estimate of drug-likeness (QED) is 0.452. The van der Waals surface area contributed by atoms with Crippen LogP contribution in [0.4, 0.5) is 11.4 Å². The number of anilines is 1. The number of nitrogens with zero attached hydrogens (tertiary/aromatic N) is 1. The number of halogens is 1. The van der Waals surface area contributed by atoms with Crippen LogP contribution in [0.2, 0.25) is 5.02 Å². The number of hydrogen-bond acceptors (Lipinski definition) is 6. The molecule has 1 aromatic rings. The van der Waals surface area contributed by atoms with Gasteiger partial charge in [-0.15, -0.1) is 0 Å². The van der Waals surface area contributed by atoms with Gasteiger partial charge in [-0.1, -0.05) is 11.6 Å². The molecule has 2 N–H and O–H groups in total. The van der Waals surface area contributed by atoms with Crippen LogP contribution in [0.3, 0.4) is 0 Å². The van der Waals surface area contributed by atoms with Crippen molar-refractivity contribution in [3.63, 3.8) is 0 Å². The Hall–Kier alpha value is -2.68. The number of hydrogen-bond donors (Lipinski definition) is 2. The van der Waals surface area contributed by atoms with Crippen molar-refractivity contribution in [3.8, 4) is 0 Å². The second kappa shape index (κ2) is 8.25. The molecule has 0 aromatic heterocycles. The Labute approximate surface area is 142 Å². The van der Waals surface area contributed by atoms with Gasteiger partial charge in [-0.05, 0) is 19.9 Å². The van der Waals surface area contributed by atoms with E-state index in [1.807, 2.05) is 0 Å². The van der Waals surface area contributed by atoms with Gasteiger partial charge in [0.05, 0.1) is 15.6 Å². The van der Waals surface area contributed by atoms with Crippen LogP contribution in [-0.4, -0.2) is 34.9 Å². The van der Waals surface area contributed by atoms with Gasteiger partial charge in [0.15, 0.2) is 6.10 Å². The number of nitro groups is 1. The van der Waals surface area contributed by atoms with E-state index < -0.39 is 34.9 Å². The van der Waals surface area contributed by atoms with Crippen LogP contribution in [0.25, 0.3) is 0 Å². The first-order valence-electron chi connectivity index (χ1n) is 6.84. The molecule has 0 heterocycles. The summed E-state index contributed by atoms with van der Waals surface area (Å²) in [6.45, 7) is 4.01. The van der Waals surface area contributed by atoms with Crippen molar-refractivity contribution >= 4 is 40.8 Å². The van der Waals surface area contributed by atoms with Crippen LogP contribution in [0.1, 0.15) is 20.8 Å². The molecule has 10 heteroatoms. The summed E-state index contributed by atoms with van der Waals surface area (Å²) in [6, 6.07) is 2.64. The molecule has 0 unspecified atom stereocenters. The third-order valence-electron chi connectivity index (χ3n) is 2.86. The molecule has 0 spiro atoms. The molecule has 0 saturated heterocycles. The highest BCUT2D eigenvalue weighted by Gasteiger charge is 2.23. The molecule has 1 rings (SSSR count). The summed E-state index contributed by atoms with van der Waals surface area (Å²) in [5.74, 6) is -1.86. The molecule has 0 radical (unpaired) electrons. The molecule has 0 bridgehead atoms. The SMILES string of the molecule is CC(=O)N[C@@H](C)C(=O)O[C@@H](C)C(=O)Nc1ccc([N+](=O)[O-])cc1Cl. The van der Waals surface area contributed by atoms with E-state index >= 15 is 0 Å². The van der Waals surface area contributed by atoms with Gasteiger partial charge in [0.1, 0.15) is 6.04 Å². The van der Waals surface area contributed by atoms with Gasteiger partial charge in [-0.3, -0.25) is 19.7 Å². The minimum Gasteiger partial charge on any atom is -0.451 e. The average Bonchev–Trinajstić information content (AvgIpc) is 2.47. The zero-order valence-electron chi connectivity index (χ0n) is 13.2. The highest BCUT2D eigenvalue weighted by molar-refractivity contribution is 6.34. The van der Waals surface area contributed by atoms with E-state index in [1.165, 1.54) is 32.9 Å².